The first kappa shape index (κ1) is 10.7. The lowest BCUT2D eigenvalue weighted by Gasteiger charge is -2.22. The van der Waals surface area contributed by atoms with Gasteiger partial charge in [0.15, 0.2) is 0 Å². The number of aryl methyl sites for hydroxylation is 1. The van der Waals surface area contributed by atoms with Crippen LogP contribution in [-0.2, 0) is 6.42 Å². The maximum Gasteiger partial charge on any atom is 0.00987 e. The largest absolute Gasteiger partial charge is 0.301 e. The van der Waals surface area contributed by atoms with Crippen LogP contribution in [0.4, 0.5) is 0 Å². The zero-order valence-corrected chi connectivity index (χ0v) is 9.58. The molecule has 1 fully saturated rings. The Balaban J connectivity index is 1.83. The standard InChI is InChI=1S/C14H20N/c1-2-15-12-6-9-14(15)11-10-13-7-4-3-5-8-13/h3-4,7-8,14H,2,6,9-12H2,1H3. The molecule has 1 aliphatic heterocycles. The van der Waals surface area contributed by atoms with Gasteiger partial charge in [0.25, 0.3) is 0 Å². The first-order valence-electron chi connectivity index (χ1n) is 6.09. The van der Waals surface area contributed by atoms with Crippen molar-refractivity contribution in [3.8, 4) is 0 Å². The monoisotopic (exact) mass is 202 g/mol. The molecule has 1 unspecified atom stereocenters. The Bertz CT molecular complexity index is 281. The van der Waals surface area contributed by atoms with Crippen LogP contribution < -0.4 is 0 Å². The van der Waals surface area contributed by atoms with E-state index in [1.54, 1.807) is 0 Å². The van der Waals surface area contributed by atoms with Crippen LogP contribution in [0.25, 0.3) is 0 Å². The summed E-state index contributed by atoms with van der Waals surface area (Å²) in [4.78, 5) is 2.62. The lowest BCUT2D eigenvalue weighted by atomic mass is 10.0. The zero-order chi connectivity index (χ0) is 10.5. The first-order chi connectivity index (χ1) is 7.40. The highest BCUT2D eigenvalue weighted by Gasteiger charge is 2.21. The van der Waals surface area contributed by atoms with Gasteiger partial charge in [-0.3, -0.25) is 0 Å². The maximum absolute atomic E-state index is 3.15. The summed E-state index contributed by atoms with van der Waals surface area (Å²) in [5.41, 5.74) is 1.43. The second-order valence-electron chi connectivity index (χ2n) is 4.38. The number of likely N-dealkylation sites (tertiary alicyclic amines) is 1. The third-order valence-electron chi connectivity index (χ3n) is 3.44. The Labute approximate surface area is 93.1 Å². The fourth-order valence-electron chi connectivity index (χ4n) is 2.56. The van der Waals surface area contributed by atoms with Crippen LogP contribution in [0.1, 0.15) is 31.7 Å². The normalized spacial score (nSPS) is 22.1. The van der Waals surface area contributed by atoms with Crippen molar-refractivity contribution in [3.05, 3.63) is 35.9 Å². The summed E-state index contributed by atoms with van der Waals surface area (Å²) in [6.45, 7) is 4.79. The molecule has 1 heteroatoms. The summed E-state index contributed by atoms with van der Waals surface area (Å²) in [7, 11) is 0. The van der Waals surface area contributed by atoms with Crippen LogP contribution in [0.15, 0.2) is 24.3 Å². The van der Waals surface area contributed by atoms with Gasteiger partial charge in [0.1, 0.15) is 0 Å². The number of rotatable bonds is 4. The van der Waals surface area contributed by atoms with Gasteiger partial charge in [0, 0.05) is 6.04 Å². The van der Waals surface area contributed by atoms with Crippen LogP contribution in [0, 0.1) is 6.07 Å². The molecule has 81 valence electrons. The van der Waals surface area contributed by atoms with Crippen molar-refractivity contribution in [2.45, 2.75) is 38.6 Å². The smallest absolute Gasteiger partial charge is 0.00987 e. The zero-order valence-electron chi connectivity index (χ0n) is 9.58. The molecule has 1 aromatic rings. The minimum atomic E-state index is 0.829. The Morgan fingerprint density at radius 1 is 1.53 bits per heavy atom. The summed E-state index contributed by atoms with van der Waals surface area (Å²) in [6.07, 6.45) is 5.30. The summed E-state index contributed by atoms with van der Waals surface area (Å²) >= 11 is 0. The summed E-state index contributed by atoms with van der Waals surface area (Å²) in [5, 5.41) is 0. The van der Waals surface area contributed by atoms with E-state index in [1.165, 1.54) is 44.3 Å². The van der Waals surface area contributed by atoms with Gasteiger partial charge in [0.2, 0.25) is 0 Å². The van der Waals surface area contributed by atoms with Crippen molar-refractivity contribution in [1.82, 2.24) is 4.90 Å². The van der Waals surface area contributed by atoms with Gasteiger partial charge >= 0.3 is 0 Å². The molecule has 0 aliphatic carbocycles. The molecule has 0 aromatic heterocycles. The minimum Gasteiger partial charge on any atom is -0.301 e. The number of nitrogens with zero attached hydrogens (tertiary/aromatic N) is 1. The van der Waals surface area contributed by atoms with Gasteiger partial charge in [0.05, 0.1) is 0 Å². The van der Waals surface area contributed by atoms with E-state index < -0.39 is 0 Å². The fraction of sp³-hybridized carbons (Fsp3) is 0.571. The third-order valence-corrected chi connectivity index (χ3v) is 3.44. The quantitative estimate of drug-likeness (QED) is 0.725. The van der Waals surface area contributed by atoms with Crippen molar-refractivity contribution >= 4 is 0 Å². The average Bonchev–Trinajstić information content (AvgIpc) is 2.75. The van der Waals surface area contributed by atoms with Crippen molar-refractivity contribution in [3.63, 3.8) is 0 Å². The topological polar surface area (TPSA) is 3.24 Å². The molecule has 1 nitrogen and oxygen atoms in total. The summed E-state index contributed by atoms with van der Waals surface area (Å²) < 4.78 is 0. The fourth-order valence-corrected chi connectivity index (χ4v) is 2.56. The van der Waals surface area contributed by atoms with Crippen LogP contribution in [-0.4, -0.2) is 24.0 Å². The molecule has 1 heterocycles. The second-order valence-corrected chi connectivity index (χ2v) is 4.38. The minimum absolute atomic E-state index is 0.829. The SMILES string of the molecule is CCN1CCCC1CCc1c[c]ccc1. The molecule has 0 bridgehead atoms. The molecule has 1 aromatic carbocycles. The van der Waals surface area contributed by atoms with E-state index >= 15 is 0 Å². The molecular weight excluding hydrogens is 182 g/mol. The molecule has 1 saturated heterocycles. The molecule has 0 saturated carbocycles. The van der Waals surface area contributed by atoms with Crippen LogP contribution in [0.5, 0.6) is 0 Å². The van der Waals surface area contributed by atoms with Crippen molar-refractivity contribution in [2.75, 3.05) is 13.1 Å². The molecule has 1 atom stereocenters. The van der Waals surface area contributed by atoms with Gasteiger partial charge in [-0.2, -0.15) is 0 Å². The predicted octanol–water partition coefficient (Wildman–Crippen LogP) is 2.90. The molecule has 2 rings (SSSR count). The third kappa shape index (κ3) is 2.82. The van der Waals surface area contributed by atoms with Gasteiger partial charge in [-0.1, -0.05) is 31.2 Å². The molecular formula is C14H20N. The van der Waals surface area contributed by atoms with Crippen LogP contribution in [0.3, 0.4) is 0 Å². The van der Waals surface area contributed by atoms with Crippen LogP contribution in [0.2, 0.25) is 0 Å². The van der Waals surface area contributed by atoms with E-state index in [9.17, 15) is 0 Å². The van der Waals surface area contributed by atoms with E-state index in [0.717, 1.165) is 6.04 Å². The predicted molar refractivity (Wildman–Crippen MR) is 63.9 cm³/mol. The Hall–Kier alpha value is -0.820. The van der Waals surface area contributed by atoms with E-state index in [2.05, 4.69) is 36.1 Å². The van der Waals surface area contributed by atoms with E-state index in [0.29, 0.717) is 0 Å². The van der Waals surface area contributed by atoms with Gasteiger partial charge in [-0.25, -0.2) is 0 Å². The summed E-state index contributed by atoms with van der Waals surface area (Å²) in [5.74, 6) is 0. The molecule has 15 heavy (non-hydrogen) atoms. The number of hydrogen-bond acceptors (Lipinski definition) is 1. The number of benzene rings is 1. The highest BCUT2D eigenvalue weighted by molar-refractivity contribution is 5.13. The molecule has 0 spiro atoms. The lowest BCUT2D eigenvalue weighted by molar-refractivity contribution is 0.256. The number of hydrogen-bond donors (Lipinski definition) is 0. The highest BCUT2D eigenvalue weighted by Crippen LogP contribution is 2.21. The van der Waals surface area contributed by atoms with Gasteiger partial charge in [-0.15, -0.1) is 0 Å². The molecule has 0 N–H and O–H groups in total. The van der Waals surface area contributed by atoms with E-state index in [-0.39, 0.29) is 0 Å². The molecule has 1 radical (unpaired) electrons. The van der Waals surface area contributed by atoms with E-state index in [4.69, 9.17) is 0 Å². The lowest BCUT2D eigenvalue weighted by Crippen LogP contribution is -2.29. The van der Waals surface area contributed by atoms with Crippen molar-refractivity contribution in [1.29, 1.82) is 0 Å². The average molecular weight is 202 g/mol. The Morgan fingerprint density at radius 2 is 2.47 bits per heavy atom. The molecule has 0 amide bonds. The highest BCUT2D eigenvalue weighted by atomic mass is 15.2. The van der Waals surface area contributed by atoms with Crippen molar-refractivity contribution in [2.24, 2.45) is 0 Å². The van der Waals surface area contributed by atoms with Gasteiger partial charge < -0.3 is 4.90 Å². The maximum atomic E-state index is 3.15. The Morgan fingerprint density at radius 3 is 3.20 bits per heavy atom. The first-order valence-corrected chi connectivity index (χ1v) is 6.09. The van der Waals surface area contributed by atoms with E-state index in [1.807, 2.05) is 6.07 Å². The Kier molecular flexibility index (Phi) is 3.79. The second kappa shape index (κ2) is 5.32. The van der Waals surface area contributed by atoms with Gasteiger partial charge in [-0.05, 0) is 50.4 Å². The van der Waals surface area contributed by atoms with Crippen molar-refractivity contribution < 1.29 is 0 Å². The van der Waals surface area contributed by atoms with Crippen LogP contribution >= 0.6 is 0 Å². The summed E-state index contributed by atoms with van der Waals surface area (Å²) in [6, 6.07) is 12.4. The molecule has 1 aliphatic rings.